The molecular formula is C12H28N4O7P2S2. The molecule has 11 nitrogen and oxygen atoms in total. The van der Waals surface area contributed by atoms with Crippen LogP contribution in [0.2, 0.25) is 0 Å². The molecule has 2 aliphatic carbocycles. The molecule has 0 radical (unpaired) electrons. The van der Waals surface area contributed by atoms with Gasteiger partial charge in [-0.15, -0.1) is 18.6 Å². The molecule has 0 aromatic heterocycles. The van der Waals surface area contributed by atoms with E-state index in [1.807, 2.05) is 10.5 Å². The monoisotopic (exact) mass is 466 g/mol. The van der Waals surface area contributed by atoms with E-state index in [-0.39, 0.29) is 0 Å². The molecular weight excluding hydrogens is 438 g/mol. The highest BCUT2D eigenvalue weighted by Gasteiger charge is 2.31. The van der Waals surface area contributed by atoms with Crippen LogP contribution < -0.4 is 21.5 Å². The molecule has 0 amide bonds. The van der Waals surface area contributed by atoms with Gasteiger partial charge in [0.2, 0.25) is 0 Å². The summed E-state index contributed by atoms with van der Waals surface area (Å²) in [7, 11) is -8.32. The second-order valence-electron chi connectivity index (χ2n) is 6.47. The van der Waals surface area contributed by atoms with Crippen molar-refractivity contribution in [1.29, 1.82) is 0 Å². The Kier molecular flexibility index (Phi) is 11.1. The molecule has 27 heavy (non-hydrogen) atoms. The largest absolute Gasteiger partial charge is 0.370 e. The van der Waals surface area contributed by atoms with Crippen molar-refractivity contribution < 1.29 is 32.1 Å². The second kappa shape index (κ2) is 12.5. The SMILES string of the molecule is NP(=O)(NOOSC1CCCCC1)OP(N)(=O)NOOSC1CCCCC1. The Labute approximate surface area is 167 Å². The first-order valence-electron chi connectivity index (χ1n) is 8.87. The lowest BCUT2D eigenvalue weighted by molar-refractivity contribution is -0.224. The summed E-state index contributed by atoms with van der Waals surface area (Å²) in [5.41, 5.74) is 10.7. The van der Waals surface area contributed by atoms with Crippen molar-refractivity contribution in [3.05, 3.63) is 0 Å². The Balaban J connectivity index is 1.57. The molecule has 6 N–H and O–H groups in total. The molecule has 2 atom stereocenters. The second-order valence-corrected chi connectivity index (χ2v) is 11.9. The summed E-state index contributed by atoms with van der Waals surface area (Å²) in [5.74, 6) is 0. The Bertz CT molecular complexity index is 480. The zero-order chi connectivity index (χ0) is 19.6. The molecule has 2 unspecified atom stereocenters. The van der Waals surface area contributed by atoms with Crippen molar-refractivity contribution in [3.8, 4) is 0 Å². The summed E-state index contributed by atoms with van der Waals surface area (Å²) in [6.07, 6.45) is 11.0. The van der Waals surface area contributed by atoms with Crippen molar-refractivity contribution in [2.45, 2.75) is 74.7 Å². The molecule has 0 aliphatic heterocycles. The predicted molar refractivity (Wildman–Crippen MR) is 104 cm³/mol. The van der Waals surface area contributed by atoms with E-state index in [0.29, 0.717) is 10.5 Å². The number of hydrogen-bond acceptors (Lipinski definition) is 9. The number of nitrogens with one attached hydrogen (secondary N) is 2. The maximum absolute atomic E-state index is 12.0. The van der Waals surface area contributed by atoms with Crippen LogP contribution in [0, 0.1) is 0 Å². The van der Waals surface area contributed by atoms with E-state index < -0.39 is 15.3 Å². The summed E-state index contributed by atoms with van der Waals surface area (Å²) in [4.78, 5) is 9.14. The molecule has 2 fully saturated rings. The minimum absolute atomic E-state index is 0.299. The molecule has 0 aromatic carbocycles. The Morgan fingerprint density at radius 1 is 0.704 bits per heavy atom. The lowest BCUT2D eigenvalue weighted by Gasteiger charge is -2.21. The lowest BCUT2D eigenvalue weighted by atomic mass is 10.0. The fraction of sp³-hybridized carbons (Fsp3) is 1.00. The van der Waals surface area contributed by atoms with Gasteiger partial charge in [0.05, 0.1) is 0 Å². The molecule has 0 heterocycles. The van der Waals surface area contributed by atoms with Crippen molar-refractivity contribution in [3.63, 3.8) is 0 Å². The lowest BCUT2D eigenvalue weighted by Crippen LogP contribution is -2.24. The van der Waals surface area contributed by atoms with Crippen LogP contribution >= 0.6 is 39.4 Å². The van der Waals surface area contributed by atoms with Gasteiger partial charge < -0.3 is 0 Å². The minimum Gasteiger partial charge on any atom is -0.253 e. The molecule has 2 rings (SSSR count). The Morgan fingerprint density at radius 2 is 1.07 bits per heavy atom. The zero-order valence-corrected chi connectivity index (χ0v) is 18.4. The quantitative estimate of drug-likeness (QED) is 0.108. The van der Waals surface area contributed by atoms with E-state index in [1.165, 1.54) is 12.8 Å². The third-order valence-corrected chi connectivity index (χ3v) is 8.47. The van der Waals surface area contributed by atoms with Crippen LogP contribution in [0.5, 0.6) is 0 Å². The fourth-order valence-electron chi connectivity index (χ4n) is 2.82. The van der Waals surface area contributed by atoms with Crippen molar-refractivity contribution in [2.75, 3.05) is 0 Å². The molecule has 2 aliphatic rings. The van der Waals surface area contributed by atoms with E-state index in [1.54, 1.807) is 0 Å². The average molecular weight is 466 g/mol. The van der Waals surface area contributed by atoms with Crippen LogP contribution in [0.3, 0.4) is 0 Å². The maximum Gasteiger partial charge on any atom is 0.370 e. The van der Waals surface area contributed by atoms with E-state index in [9.17, 15) is 9.13 Å². The smallest absolute Gasteiger partial charge is 0.253 e. The van der Waals surface area contributed by atoms with E-state index >= 15 is 0 Å². The number of nitrogens with two attached hydrogens (primary N) is 2. The van der Waals surface area contributed by atoms with Gasteiger partial charge in [0.25, 0.3) is 0 Å². The predicted octanol–water partition coefficient (Wildman–Crippen LogP) is 4.00. The average Bonchev–Trinajstić information content (AvgIpc) is 2.63. The van der Waals surface area contributed by atoms with Gasteiger partial charge in [-0.1, -0.05) is 49.0 Å². The first kappa shape index (κ1) is 24.1. The van der Waals surface area contributed by atoms with Gasteiger partial charge in [-0.25, -0.2) is 15.3 Å². The first-order chi connectivity index (χ1) is 12.9. The Hall–Kier alpha value is 0.800. The van der Waals surface area contributed by atoms with Crippen LogP contribution in [0.25, 0.3) is 0 Å². The highest BCUT2D eigenvalue weighted by molar-refractivity contribution is 7.95. The van der Waals surface area contributed by atoms with Gasteiger partial charge in [0.15, 0.2) is 0 Å². The fourth-order valence-corrected chi connectivity index (χ4v) is 6.33. The van der Waals surface area contributed by atoms with Gasteiger partial charge >= 0.3 is 15.3 Å². The van der Waals surface area contributed by atoms with Crippen LogP contribution in [0.4, 0.5) is 0 Å². The van der Waals surface area contributed by atoms with Gasteiger partial charge in [-0.05, 0) is 25.7 Å². The van der Waals surface area contributed by atoms with E-state index in [4.69, 9.17) is 19.7 Å². The van der Waals surface area contributed by atoms with E-state index in [0.717, 1.165) is 75.5 Å². The normalized spacial score (nSPS) is 24.4. The molecule has 0 aromatic rings. The molecule has 0 saturated heterocycles. The van der Waals surface area contributed by atoms with Crippen molar-refractivity contribution in [1.82, 2.24) is 10.5 Å². The maximum atomic E-state index is 12.0. The third kappa shape index (κ3) is 10.9. The first-order valence-corrected chi connectivity index (χ1v) is 13.9. The van der Waals surface area contributed by atoms with Crippen LogP contribution in [0.15, 0.2) is 0 Å². The topological polar surface area (TPSA) is 156 Å². The number of hydrogen-bond donors (Lipinski definition) is 4. The van der Waals surface area contributed by atoms with Gasteiger partial charge in [0.1, 0.15) is 0 Å². The number of rotatable bonds is 12. The standard InChI is InChI=1S/C12H28N4O7P2S2/c13-24(17,15-19-21-26-11-7-3-1-4-8-11)23-25(14,18)16-20-22-27-12-9-5-2-6-10-12/h11-12H,1-10H2,(H3,13,15,17)(H3,14,16,18). The van der Waals surface area contributed by atoms with Crippen LogP contribution in [0.1, 0.15) is 64.2 Å². The van der Waals surface area contributed by atoms with E-state index in [2.05, 4.69) is 14.3 Å². The summed E-state index contributed by atoms with van der Waals surface area (Å²) in [6.45, 7) is 0. The third-order valence-electron chi connectivity index (χ3n) is 4.09. The summed E-state index contributed by atoms with van der Waals surface area (Å²) < 4.78 is 38.3. The van der Waals surface area contributed by atoms with Crippen molar-refractivity contribution >= 4 is 39.4 Å². The van der Waals surface area contributed by atoms with Gasteiger partial charge in [0, 0.05) is 34.6 Å². The molecule has 15 heteroatoms. The summed E-state index contributed by atoms with van der Waals surface area (Å²) >= 11 is 2.21. The summed E-state index contributed by atoms with van der Waals surface area (Å²) in [5, 5.41) is 4.34. The summed E-state index contributed by atoms with van der Waals surface area (Å²) in [6, 6.07) is 0. The van der Waals surface area contributed by atoms with Gasteiger partial charge in [-0.3, -0.25) is 9.13 Å². The van der Waals surface area contributed by atoms with Crippen molar-refractivity contribution in [2.24, 2.45) is 11.0 Å². The van der Waals surface area contributed by atoms with Crippen LogP contribution in [-0.4, -0.2) is 10.5 Å². The highest BCUT2D eigenvalue weighted by atomic mass is 32.2. The van der Waals surface area contributed by atoms with Crippen LogP contribution in [-0.2, 0) is 32.1 Å². The molecule has 2 saturated carbocycles. The Morgan fingerprint density at radius 3 is 1.44 bits per heavy atom. The molecule has 0 spiro atoms. The minimum atomic E-state index is -4.16. The highest BCUT2D eigenvalue weighted by Crippen LogP contribution is 2.50. The van der Waals surface area contributed by atoms with Gasteiger partial charge in [-0.2, -0.15) is 0 Å². The molecule has 0 bridgehead atoms. The molecule has 160 valence electrons. The zero-order valence-electron chi connectivity index (χ0n) is 14.9.